The van der Waals surface area contributed by atoms with E-state index in [-0.39, 0.29) is 6.01 Å². The van der Waals surface area contributed by atoms with Crippen LogP contribution in [-0.2, 0) is 10.0 Å². The van der Waals surface area contributed by atoms with E-state index in [1.54, 1.807) is 18.2 Å². The Morgan fingerprint density at radius 3 is 2.50 bits per heavy atom. The summed E-state index contributed by atoms with van der Waals surface area (Å²) in [5, 5.41) is 7.70. The Kier molecular flexibility index (Phi) is 5.63. The van der Waals surface area contributed by atoms with Crippen LogP contribution in [0.5, 0.6) is 0 Å². The molecule has 0 aliphatic carbocycles. The lowest BCUT2D eigenvalue weighted by Gasteiger charge is -2.02. The largest absolute Gasteiger partial charge is 0.338 e. The highest BCUT2D eigenvalue weighted by molar-refractivity contribution is 7.88. The van der Waals surface area contributed by atoms with Crippen LogP contribution in [0.3, 0.4) is 0 Å². The minimum atomic E-state index is -3.16. The molecule has 2 aromatic rings. The van der Waals surface area contributed by atoms with E-state index in [4.69, 9.17) is 27.7 Å². The molecule has 10 heteroatoms. The fraction of sp³-hybridized carbons (Fsp3) is 0.333. The highest BCUT2D eigenvalue weighted by Gasteiger charge is 2.10. The van der Waals surface area contributed by atoms with E-state index in [0.717, 1.165) is 6.26 Å². The lowest BCUT2D eigenvalue weighted by molar-refractivity contribution is 0.432. The molecule has 1 aromatic heterocycles. The number of hydrogen-bond acceptors (Lipinski definition) is 6. The minimum Gasteiger partial charge on any atom is -0.338 e. The maximum Gasteiger partial charge on any atom is 0.321 e. The second-order valence-corrected chi connectivity index (χ2v) is 7.23. The third-order valence-corrected chi connectivity index (χ3v) is 3.71. The Hall–Kier alpha value is -1.35. The summed E-state index contributed by atoms with van der Waals surface area (Å²) in [5.41, 5.74) is 0.646. The zero-order valence-corrected chi connectivity index (χ0v) is 14.0. The molecule has 0 aliphatic heterocycles. The van der Waals surface area contributed by atoms with Crippen LogP contribution < -0.4 is 10.0 Å². The van der Waals surface area contributed by atoms with Gasteiger partial charge in [-0.15, -0.1) is 0 Å². The van der Waals surface area contributed by atoms with Gasteiger partial charge in [0.05, 0.1) is 6.26 Å². The summed E-state index contributed by atoms with van der Waals surface area (Å²) in [7, 11) is -3.16. The molecule has 0 bridgehead atoms. The first-order valence-electron chi connectivity index (χ1n) is 6.32. The van der Waals surface area contributed by atoms with Crippen LogP contribution in [-0.4, -0.2) is 37.9 Å². The van der Waals surface area contributed by atoms with E-state index in [0.29, 0.717) is 40.9 Å². The van der Waals surface area contributed by atoms with E-state index in [1.807, 2.05) is 0 Å². The number of sulfonamides is 1. The van der Waals surface area contributed by atoms with Crippen molar-refractivity contribution in [3.05, 3.63) is 28.2 Å². The molecule has 1 heterocycles. The van der Waals surface area contributed by atoms with Gasteiger partial charge in [0.25, 0.3) is 0 Å². The number of halogens is 2. The van der Waals surface area contributed by atoms with E-state index < -0.39 is 10.0 Å². The zero-order chi connectivity index (χ0) is 16.2. The SMILES string of the molecule is CS(=O)(=O)NCCCNc1nc(-c2cc(Cl)cc(Cl)c2)no1. The summed E-state index contributed by atoms with van der Waals surface area (Å²) in [5.74, 6) is 0.362. The van der Waals surface area contributed by atoms with Crippen molar-refractivity contribution in [2.75, 3.05) is 24.7 Å². The Labute approximate surface area is 138 Å². The van der Waals surface area contributed by atoms with E-state index >= 15 is 0 Å². The average Bonchev–Trinajstić information content (AvgIpc) is 2.84. The first-order chi connectivity index (χ1) is 10.3. The van der Waals surface area contributed by atoms with Crippen molar-refractivity contribution >= 4 is 39.2 Å². The van der Waals surface area contributed by atoms with Gasteiger partial charge in [-0.2, -0.15) is 4.98 Å². The third kappa shape index (κ3) is 5.45. The molecule has 0 atom stereocenters. The van der Waals surface area contributed by atoms with Gasteiger partial charge in [-0.3, -0.25) is 0 Å². The fourth-order valence-electron chi connectivity index (χ4n) is 1.64. The number of aromatic nitrogens is 2. The maximum atomic E-state index is 10.9. The van der Waals surface area contributed by atoms with Crippen LogP contribution >= 0.6 is 23.2 Å². The molecular weight excluding hydrogens is 351 g/mol. The average molecular weight is 365 g/mol. The fourth-order valence-corrected chi connectivity index (χ4v) is 2.68. The number of hydrogen-bond donors (Lipinski definition) is 2. The molecule has 0 saturated heterocycles. The lowest BCUT2D eigenvalue weighted by atomic mass is 10.2. The van der Waals surface area contributed by atoms with Crippen molar-refractivity contribution in [3.8, 4) is 11.4 Å². The monoisotopic (exact) mass is 364 g/mol. The quantitative estimate of drug-likeness (QED) is 0.732. The van der Waals surface area contributed by atoms with Crippen molar-refractivity contribution in [1.29, 1.82) is 0 Å². The molecule has 7 nitrogen and oxygen atoms in total. The Morgan fingerprint density at radius 2 is 1.86 bits per heavy atom. The molecule has 0 fully saturated rings. The van der Waals surface area contributed by atoms with Crippen molar-refractivity contribution in [2.24, 2.45) is 0 Å². The second-order valence-electron chi connectivity index (χ2n) is 4.53. The van der Waals surface area contributed by atoms with Crippen LogP contribution in [0, 0.1) is 0 Å². The molecule has 0 spiro atoms. The molecule has 2 rings (SSSR count). The number of nitrogens with one attached hydrogen (secondary N) is 2. The standard InChI is InChI=1S/C12H14Cl2N4O3S/c1-22(19,20)16-4-2-3-15-12-17-11(18-21-12)8-5-9(13)7-10(14)6-8/h5-7,16H,2-4H2,1H3,(H,15,17,18). The van der Waals surface area contributed by atoms with E-state index in [2.05, 4.69) is 20.2 Å². The summed E-state index contributed by atoms with van der Waals surface area (Å²) >= 11 is 11.8. The van der Waals surface area contributed by atoms with Gasteiger partial charge in [0.15, 0.2) is 0 Å². The molecule has 0 saturated carbocycles. The Balaban J connectivity index is 1.89. The molecule has 22 heavy (non-hydrogen) atoms. The molecule has 0 radical (unpaired) electrons. The summed E-state index contributed by atoms with van der Waals surface area (Å²) in [4.78, 5) is 4.16. The normalized spacial score (nSPS) is 11.6. The molecule has 2 N–H and O–H groups in total. The summed E-state index contributed by atoms with van der Waals surface area (Å²) < 4.78 is 29.2. The molecule has 0 amide bonds. The van der Waals surface area contributed by atoms with Crippen LogP contribution in [0.25, 0.3) is 11.4 Å². The molecular formula is C12H14Cl2N4O3S. The van der Waals surface area contributed by atoms with Crippen LogP contribution in [0.4, 0.5) is 6.01 Å². The number of anilines is 1. The summed E-state index contributed by atoms with van der Waals surface area (Å²) in [6, 6.07) is 5.21. The predicted octanol–water partition coefficient (Wildman–Crippen LogP) is 2.39. The summed E-state index contributed by atoms with van der Waals surface area (Å²) in [6.45, 7) is 0.817. The van der Waals surface area contributed by atoms with Crippen LogP contribution in [0.15, 0.2) is 22.7 Å². The van der Waals surface area contributed by atoms with Gasteiger partial charge >= 0.3 is 6.01 Å². The first-order valence-corrected chi connectivity index (χ1v) is 8.97. The van der Waals surface area contributed by atoms with Crippen molar-refractivity contribution in [2.45, 2.75) is 6.42 Å². The number of rotatable bonds is 7. The lowest BCUT2D eigenvalue weighted by Crippen LogP contribution is -2.24. The van der Waals surface area contributed by atoms with Crippen molar-refractivity contribution in [3.63, 3.8) is 0 Å². The van der Waals surface area contributed by atoms with Gasteiger partial charge in [0.1, 0.15) is 0 Å². The predicted molar refractivity (Wildman–Crippen MR) is 85.7 cm³/mol. The number of nitrogens with zero attached hydrogens (tertiary/aromatic N) is 2. The zero-order valence-electron chi connectivity index (χ0n) is 11.6. The number of benzene rings is 1. The summed E-state index contributed by atoms with van der Waals surface area (Å²) in [6.07, 6.45) is 1.69. The molecule has 1 aromatic carbocycles. The first kappa shape index (κ1) is 17.0. The van der Waals surface area contributed by atoms with Crippen LogP contribution in [0.1, 0.15) is 6.42 Å². The minimum absolute atomic E-state index is 0.241. The van der Waals surface area contributed by atoms with E-state index in [1.165, 1.54) is 0 Å². The topological polar surface area (TPSA) is 97.1 Å². The van der Waals surface area contributed by atoms with Crippen molar-refractivity contribution < 1.29 is 12.9 Å². The second kappa shape index (κ2) is 7.28. The highest BCUT2D eigenvalue weighted by Crippen LogP contribution is 2.25. The Morgan fingerprint density at radius 1 is 1.18 bits per heavy atom. The van der Waals surface area contributed by atoms with Gasteiger partial charge in [-0.05, 0) is 24.6 Å². The van der Waals surface area contributed by atoms with Gasteiger partial charge in [-0.1, -0.05) is 28.4 Å². The molecule has 120 valence electrons. The smallest absolute Gasteiger partial charge is 0.321 e. The van der Waals surface area contributed by atoms with Crippen LogP contribution in [0.2, 0.25) is 10.0 Å². The van der Waals surface area contributed by atoms with E-state index in [9.17, 15) is 8.42 Å². The Bertz CT molecular complexity index is 728. The van der Waals surface area contributed by atoms with Gasteiger partial charge in [0, 0.05) is 28.7 Å². The molecule has 0 aliphatic rings. The van der Waals surface area contributed by atoms with Gasteiger partial charge in [-0.25, -0.2) is 13.1 Å². The van der Waals surface area contributed by atoms with Gasteiger partial charge < -0.3 is 9.84 Å². The highest BCUT2D eigenvalue weighted by atomic mass is 35.5. The molecule has 0 unspecified atom stereocenters. The van der Waals surface area contributed by atoms with Crippen molar-refractivity contribution in [1.82, 2.24) is 14.9 Å². The van der Waals surface area contributed by atoms with Gasteiger partial charge in [0.2, 0.25) is 15.8 Å². The maximum absolute atomic E-state index is 10.9. The third-order valence-electron chi connectivity index (χ3n) is 2.54.